The van der Waals surface area contributed by atoms with Crippen molar-refractivity contribution in [1.82, 2.24) is 10.2 Å². The van der Waals surface area contributed by atoms with Crippen LogP contribution in [0.3, 0.4) is 0 Å². The van der Waals surface area contributed by atoms with E-state index in [4.69, 9.17) is 0 Å². The number of amides is 2. The second-order valence-electron chi connectivity index (χ2n) is 6.07. The fourth-order valence-electron chi connectivity index (χ4n) is 3.46. The molecule has 1 atom stereocenters. The fraction of sp³-hybridized carbons (Fsp3) is 0.529. The molecular formula is C17H23N3O2. The molecule has 0 saturated carbocycles. The van der Waals surface area contributed by atoms with Crippen molar-refractivity contribution < 1.29 is 9.59 Å². The van der Waals surface area contributed by atoms with Gasteiger partial charge in [0.15, 0.2) is 0 Å². The van der Waals surface area contributed by atoms with Gasteiger partial charge >= 0.3 is 0 Å². The highest BCUT2D eigenvalue weighted by molar-refractivity contribution is 5.97. The minimum absolute atomic E-state index is 0.0363. The van der Waals surface area contributed by atoms with Crippen molar-refractivity contribution in [2.75, 3.05) is 32.0 Å². The maximum Gasteiger partial charge on any atom is 0.254 e. The highest BCUT2D eigenvalue weighted by Crippen LogP contribution is 2.27. The molecule has 2 heterocycles. The molecule has 22 heavy (non-hydrogen) atoms. The number of hydrogen-bond acceptors (Lipinski definition) is 3. The Morgan fingerprint density at radius 2 is 2.18 bits per heavy atom. The SMILES string of the molecule is CNC(=O)C1CCCN(C(=O)c2cccc3c2CCCN3)C1. The zero-order chi connectivity index (χ0) is 15.5. The Labute approximate surface area is 131 Å². The summed E-state index contributed by atoms with van der Waals surface area (Å²) in [6.45, 7) is 2.23. The van der Waals surface area contributed by atoms with E-state index < -0.39 is 0 Å². The first-order valence-electron chi connectivity index (χ1n) is 8.07. The predicted octanol–water partition coefficient (Wildman–Crippen LogP) is 1.64. The van der Waals surface area contributed by atoms with Crippen molar-refractivity contribution in [2.45, 2.75) is 25.7 Å². The van der Waals surface area contributed by atoms with Gasteiger partial charge in [0.1, 0.15) is 0 Å². The van der Waals surface area contributed by atoms with E-state index in [-0.39, 0.29) is 17.7 Å². The Bertz CT molecular complexity index is 585. The number of hydrogen-bond donors (Lipinski definition) is 2. The minimum Gasteiger partial charge on any atom is -0.385 e. The molecule has 1 unspecified atom stereocenters. The number of anilines is 1. The van der Waals surface area contributed by atoms with Crippen LogP contribution in [-0.4, -0.2) is 43.4 Å². The average molecular weight is 301 g/mol. The molecule has 5 heteroatoms. The lowest BCUT2D eigenvalue weighted by molar-refractivity contribution is -0.125. The number of carbonyl (C=O) groups is 2. The number of likely N-dealkylation sites (tertiary alicyclic amines) is 1. The first kappa shape index (κ1) is 14.9. The van der Waals surface area contributed by atoms with Crippen molar-refractivity contribution in [3.05, 3.63) is 29.3 Å². The third-order valence-corrected chi connectivity index (χ3v) is 4.65. The summed E-state index contributed by atoms with van der Waals surface area (Å²) in [5, 5.41) is 6.06. The molecule has 3 rings (SSSR count). The molecular weight excluding hydrogens is 278 g/mol. The number of nitrogens with one attached hydrogen (secondary N) is 2. The van der Waals surface area contributed by atoms with Crippen LogP contribution in [0.15, 0.2) is 18.2 Å². The van der Waals surface area contributed by atoms with E-state index in [1.807, 2.05) is 23.1 Å². The second-order valence-corrected chi connectivity index (χ2v) is 6.07. The Kier molecular flexibility index (Phi) is 4.32. The van der Waals surface area contributed by atoms with Crippen LogP contribution in [0.2, 0.25) is 0 Å². The van der Waals surface area contributed by atoms with Crippen molar-refractivity contribution in [3.63, 3.8) is 0 Å². The summed E-state index contributed by atoms with van der Waals surface area (Å²) < 4.78 is 0. The van der Waals surface area contributed by atoms with E-state index in [0.29, 0.717) is 6.54 Å². The van der Waals surface area contributed by atoms with E-state index in [9.17, 15) is 9.59 Å². The molecule has 1 saturated heterocycles. The van der Waals surface area contributed by atoms with Crippen molar-refractivity contribution in [3.8, 4) is 0 Å². The molecule has 5 nitrogen and oxygen atoms in total. The lowest BCUT2D eigenvalue weighted by atomic mass is 9.94. The highest BCUT2D eigenvalue weighted by atomic mass is 16.2. The molecule has 118 valence electrons. The summed E-state index contributed by atoms with van der Waals surface area (Å²) >= 11 is 0. The summed E-state index contributed by atoms with van der Waals surface area (Å²) in [4.78, 5) is 26.6. The van der Waals surface area contributed by atoms with Crippen LogP contribution in [0.25, 0.3) is 0 Å². The number of rotatable bonds is 2. The van der Waals surface area contributed by atoms with Crippen LogP contribution in [0.5, 0.6) is 0 Å². The number of nitrogens with zero attached hydrogens (tertiary/aromatic N) is 1. The van der Waals surface area contributed by atoms with Gasteiger partial charge in [-0.25, -0.2) is 0 Å². The molecule has 0 aliphatic carbocycles. The van der Waals surface area contributed by atoms with Gasteiger partial charge in [0.05, 0.1) is 5.92 Å². The molecule has 1 fully saturated rings. The van der Waals surface area contributed by atoms with Crippen LogP contribution in [0.4, 0.5) is 5.69 Å². The topological polar surface area (TPSA) is 61.4 Å². The summed E-state index contributed by atoms with van der Waals surface area (Å²) in [5.74, 6) is 0.0174. The molecule has 0 spiro atoms. The molecule has 2 aliphatic heterocycles. The quantitative estimate of drug-likeness (QED) is 0.873. The lowest BCUT2D eigenvalue weighted by Gasteiger charge is -2.33. The lowest BCUT2D eigenvalue weighted by Crippen LogP contribution is -2.45. The molecule has 2 aliphatic rings. The highest BCUT2D eigenvalue weighted by Gasteiger charge is 2.29. The van der Waals surface area contributed by atoms with E-state index in [0.717, 1.165) is 55.6 Å². The average Bonchev–Trinajstić information content (AvgIpc) is 2.60. The van der Waals surface area contributed by atoms with E-state index in [2.05, 4.69) is 10.6 Å². The van der Waals surface area contributed by atoms with Crippen molar-refractivity contribution in [2.24, 2.45) is 5.92 Å². The zero-order valence-electron chi connectivity index (χ0n) is 13.0. The van der Waals surface area contributed by atoms with Crippen molar-refractivity contribution in [1.29, 1.82) is 0 Å². The molecule has 0 radical (unpaired) electrons. The van der Waals surface area contributed by atoms with Gasteiger partial charge in [-0.05, 0) is 43.4 Å². The van der Waals surface area contributed by atoms with Gasteiger partial charge in [-0.15, -0.1) is 0 Å². The van der Waals surface area contributed by atoms with Crippen LogP contribution in [0, 0.1) is 5.92 Å². The molecule has 0 aromatic heterocycles. The first-order chi connectivity index (χ1) is 10.7. The summed E-state index contributed by atoms with van der Waals surface area (Å²) in [6, 6.07) is 5.89. The molecule has 1 aromatic carbocycles. The second kappa shape index (κ2) is 6.38. The minimum atomic E-state index is -0.0830. The normalized spacial score (nSPS) is 20.8. The molecule has 2 amide bonds. The smallest absolute Gasteiger partial charge is 0.254 e. The van der Waals surface area contributed by atoms with E-state index in [1.165, 1.54) is 0 Å². The maximum absolute atomic E-state index is 12.9. The zero-order valence-corrected chi connectivity index (χ0v) is 13.0. The molecule has 2 N–H and O–H groups in total. The Morgan fingerprint density at radius 1 is 1.32 bits per heavy atom. The summed E-state index contributed by atoms with van der Waals surface area (Å²) in [6.07, 6.45) is 3.74. The predicted molar refractivity (Wildman–Crippen MR) is 85.9 cm³/mol. The monoisotopic (exact) mass is 301 g/mol. The molecule has 0 bridgehead atoms. The maximum atomic E-state index is 12.9. The van der Waals surface area contributed by atoms with Gasteiger partial charge in [0.25, 0.3) is 5.91 Å². The number of carbonyl (C=O) groups excluding carboxylic acids is 2. The number of benzene rings is 1. The summed E-state index contributed by atoms with van der Waals surface area (Å²) in [5.41, 5.74) is 3.00. The Hall–Kier alpha value is -2.04. The van der Waals surface area contributed by atoms with E-state index in [1.54, 1.807) is 7.05 Å². The van der Waals surface area contributed by atoms with Gasteiger partial charge in [-0.2, -0.15) is 0 Å². The third kappa shape index (κ3) is 2.80. The summed E-state index contributed by atoms with van der Waals surface area (Å²) in [7, 11) is 1.66. The van der Waals surface area contributed by atoms with Crippen molar-refractivity contribution >= 4 is 17.5 Å². The molecule has 1 aromatic rings. The van der Waals surface area contributed by atoms with Crippen LogP contribution >= 0.6 is 0 Å². The standard InChI is InChI=1S/C17H23N3O2/c1-18-16(21)12-5-4-10-20(11-12)17(22)14-6-2-8-15-13(14)7-3-9-19-15/h2,6,8,12,19H,3-5,7,9-11H2,1H3,(H,18,21). The van der Waals surface area contributed by atoms with Gasteiger partial charge < -0.3 is 15.5 Å². The van der Waals surface area contributed by atoms with Crippen LogP contribution in [-0.2, 0) is 11.2 Å². The Balaban J connectivity index is 1.80. The van der Waals surface area contributed by atoms with Gasteiger partial charge in [-0.1, -0.05) is 6.07 Å². The van der Waals surface area contributed by atoms with Crippen LogP contribution < -0.4 is 10.6 Å². The number of fused-ring (bicyclic) bond motifs is 1. The van der Waals surface area contributed by atoms with Gasteiger partial charge in [-0.3, -0.25) is 9.59 Å². The fourth-order valence-corrected chi connectivity index (χ4v) is 3.46. The van der Waals surface area contributed by atoms with Gasteiger partial charge in [0, 0.05) is 37.9 Å². The van der Waals surface area contributed by atoms with Gasteiger partial charge in [0.2, 0.25) is 5.91 Å². The third-order valence-electron chi connectivity index (χ3n) is 4.65. The first-order valence-corrected chi connectivity index (χ1v) is 8.07. The Morgan fingerprint density at radius 3 is 3.00 bits per heavy atom. The number of piperidine rings is 1. The van der Waals surface area contributed by atoms with E-state index >= 15 is 0 Å². The van der Waals surface area contributed by atoms with Crippen LogP contribution in [0.1, 0.15) is 35.2 Å². The largest absolute Gasteiger partial charge is 0.385 e.